The third-order valence-electron chi connectivity index (χ3n) is 2.59. The van der Waals surface area contributed by atoms with Crippen LogP contribution in [0.4, 0.5) is 0 Å². The first-order valence-electron chi connectivity index (χ1n) is 5.77. The minimum atomic E-state index is -0.128. The number of aliphatic imine (C=N–C) groups is 1. The number of nitrogens with zero attached hydrogens (tertiary/aromatic N) is 1. The van der Waals surface area contributed by atoms with Gasteiger partial charge in [-0.05, 0) is 11.3 Å². The van der Waals surface area contributed by atoms with Crippen molar-refractivity contribution in [3.8, 4) is 0 Å². The van der Waals surface area contributed by atoms with E-state index in [1.807, 2.05) is 13.8 Å². The summed E-state index contributed by atoms with van der Waals surface area (Å²) < 4.78 is 0. The molecule has 0 bridgehead atoms. The van der Waals surface area contributed by atoms with Gasteiger partial charge < -0.3 is 5.11 Å². The van der Waals surface area contributed by atoms with Crippen molar-refractivity contribution in [1.29, 1.82) is 0 Å². The molecule has 1 aliphatic rings. The summed E-state index contributed by atoms with van der Waals surface area (Å²) in [5, 5.41) is 9.81. The highest BCUT2D eigenvalue weighted by molar-refractivity contribution is 6.14. The fraction of sp³-hybridized carbons (Fsp3) is 0.692. The van der Waals surface area contributed by atoms with E-state index in [-0.39, 0.29) is 17.0 Å². The molecule has 3 heteroatoms. The highest BCUT2D eigenvalue weighted by atomic mass is 16.3. The molecule has 1 aliphatic carbocycles. The molecule has 0 unspecified atom stereocenters. The highest BCUT2D eigenvalue weighted by Crippen LogP contribution is 2.35. The summed E-state index contributed by atoms with van der Waals surface area (Å²) in [5.74, 6) is 0.657. The molecule has 0 atom stereocenters. The van der Waals surface area contributed by atoms with Crippen LogP contribution < -0.4 is 0 Å². The van der Waals surface area contributed by atoms with Crippen molar-refractivity contribution in [2.24, 2.45) is 16.3 Å². The van der Waals surface area contributed by atoms with Gasteiger partial charge in [0.15, 0.2) is 5.78 Å². The number of allylic oxidation sites excluding steroid dienone is 2. The summed E-state index contributed by atoms with van der Waals surface area (Å²) in [7, 11) is 0. The summed E-state index contributed by atoms with van der Waals surface area (Å²) in [5.41, 5.74) is 0.274. The summed E-state index contributed by atoms with van der Waals surface area (Å²) in [6.45, 7) is 8.80. The van der Waals surface area contributed by atoms with Crippen LogP contribution in [0.1, 0.15) is 40.5 Å². The molecule has 0 amide bonds. The number of carbonyl (C=O) groups is 1. The normalized spacial score (nSPS) is 21.2. The zero-order valence-corrected chi connectivity index (χ0v) is 10.6. The van der Waals surface area contributed by atoms with Gasteiger partial charge in [0.2, 0.25) is 0 Å². The lowest BCUT2D eigenvalue weighted by atomic mass is 9.77. The molecular formula is C13H21NO2. The lowest BCUT2D eigenvalue weighted by Crippen LogP contribution is -2.26. The van der Waals surface area contributed by atoms with Gasteiger partial charge in [-0.1, -0.05) is 27.7 Å². The van der Waals surface area contributed by atoms with Gasteiger partial charge in [0.05, 0.1) is 5.57 Å². The van der Waals surface area contributed by atoms with Crippen molar-refractivity contribution >= 4 is 12.0 Å². The number of rotatable bonds is 3. The zero-order valence-electron chi connectivity index (χ0n) is 10.6. The van der Waals surface area contributed by atoms with Crippen LogP contribution in [-0.4, -0.2) is 23.6 Å². The van der Waals surface area contributed by atoms with E-state index in [2.05, 4.69) is 18.8 Å². The van der Waals surface area contributed by atoms with Crippen molar-refractivity contribution in [3.05, 3.63) is 11.3 Å². The van der Waals surface area contributed by atoms with E-state index in [9.17, 15) is 9.90 Å². The monoisotopic (exact) mass is 223 g/mol. The van der Waals surface area contributed by atoms with Crippen LogP contribution in [0.25, 0.3) is 0 Å². The topological polar surface area (TPSA) is 49.7 Å². The molecule has 0 fully saturated rings. The smallest absolute Gasteiger partial charge is 0.168 e. The van der Waals surface area contributed by atoms with Gasteiger partial charge in [0.1, 0.15) is 5.76 Å². The maximum absolute atomic E-state index is 11.8. The number of aliphatic hydroxyl groups excluding tert-OH is 1. The molecule has 1 rings (SSSR count). The number of ketones is 1. The lowest BCUT2D eigenvalue weighted by molar-refractivity contribution is -0.117. The Morgan fingerprint density at radius 2 is 2.06 bits per heavy atom. The average molecular weight is 223 g/mol. The Labute approximate surface area is 97.3 Å². The first-order valence-corrected chi connectivity index (χ1v) is 5.77. The van der Waals surface area contributed by atoms with Gasteiger partial charge >= 0.3 is 0 Å². The third-order valence-corrected chi connectivity index (χ3v) is 2.59. The third kappa shape index (κ3) is 3.47. The fourth-order valence-electron chi connectivity index (χ4n) is 1.80. The predicted octanol–water partition coefficient (Wildman–Crippen LogP) is 2.91. The summed E-state index contributed by atoms with van der Waals surface area (Å²) in [4.78, 5) is 16.0. The Morgan fingerprint density at radius 3 is 2.56 bits per heavy atom. The second kappa shape index (κ2) is 4.81. The van der Waals surface area contributed by atoms with Crippen LogP contribution in [0, 0.1) is 11.3 Å². The molecule has 3 nitrogen and oxygen atoms in total. The van der Waals surface area contributed by atoms with Crippen LogP contribution in [0.3, 0.4) is 0 Å². The molecule has 0 saturated heterocycles. The summed E-state index contributed by atoms with van der Waals surface area (Å²) in [6, 6.07) is 0. The van der Waals surface area contributed by atoms with Gasteiger partial charge in [-0.2, -0.15) is 0 Å². The van der Waals surface area contributed by atoms with Crippen molar-refractivity contribution in [3.63, 3.8) is 0 Å². The molecular weight excluding hydrogens is 202 g/mol. The van der Waals surface area contributed by atoms with Crippen LogP contribution in [0.2, 0.25) is 0 Å². The standard InChI is InChI=1S/C13H21NO2/c1-9(2)7-14-8-10-11(15)5-13(3,4)6-12(10)16/h8-9,15H,5-7H2,1-4H3. The van der Waals surface area contributed by atoms with E-state index >= 15 is 0 Å². The number of carbonyl (C=O) groups excluding carboxylic acids is 1. The SMILES string of the molecule is CC(C)CN=CC1=C(O)CC(C)(C)CC1=O. The van der Waals surface area contributed by atoms with Gasteiger partial charge in [0.25, 0.3) is 0 Å². The van der Waals surface area contributed by atoms with E-state index in [1.165, 1.54) is 6.21 Å². The largest absolute Gasteiger partial charge is 0.511 e. The maximum Gasteiger partial charge on any atom is 0.168 e. The van der Waals surface area contributed by atoms with E-state index < -0.39 is 0 Å². The Balaban J connectivity index is 2.79. The Hall–Kier alpha value is -1.12. The van der Waals surface area contributed by atoms with Crippen molar-refractivity contribution in [1.82, 2.24) is 0 Å². The highest BCUT2D eigenvalue weighted by Gasteiger charge is 2.32. The Bertz CT molecular complexity index is 338. The molecule has 0 aliphatic heterocycles. The minimum Gasteiger partial charge on any atom is -0.511 e. The second-order valence-corrected chi connectivity index (χ2v) is 5.69. The second-order valence-electron chi connectivity index (χ2n) is 5.69. The molecule has 0 heterocycles. The molecule has 90 valence electrons. The molecule has 1 N–H and O–H groups in total. The average Bonchev–Trinajstić information content (AvgIpc) is 2.07. The summed E-state index contributed by atoms with van der Waals surface area (Å²) >= 11 is 0. The molecule has 0 aromatic heterocycles. The number of hydrogen-bond donors (Lipinski definition) is 1. The molecule has 0 aromatic rings. The van der Waals surface area contributed by atoms with E-state index in [0.717, 1.165) is 0 Å². The van der Waals surface area contributed by atoms with Crippen molar-refractivity contribution in [2.75, 3.05) is 6.54 Å². The fourth-order valence-corrected chi connectivity index (χ4v) is 1.80. The van der Waals surface area contributed by atoms with Crippen LogP contribution >= 0.6 is 0 Å². The molecule has 0 spiro atoms. The Kier molecular flexibility index (Phi) is 3.89. The van der Waals surface area contributed by atoms with Crippen LogP contribution in [-0.2, 0) is 4.79 Å². The number of Topliss-reactive ketones (excluding diaryl/α,β-unsaturated/α-hetero) is 1. The molecule has 0 radical (unpaired) electrons. The number of hydrogen-bond acceptors (Lipinski definition) is 3. The van der Waals surface area contributed by atoms with Gasteiger partial charge in [0, 0.05) is 25.6 Å². The van der Waals surface area contributed by atoms with Crippen molar-refractivity contribution < 1.29 is 9.90 Å². The van der Waals surface area contributed by atoms with Gasteiger partial charge in [-0.15, -0.1) is 0 Å². The van der Waals surface area contributed by atoms with E-state index in [4.69, 9.17) is 0 Å². The minimum absolute atomic E-state index is 0.00116. The summed E-state index contributed by atoms with van der Waals surface area (Å²) in [6.07, 6.45) is 2.58. The zero-order chi connectivity index (χ0) is 12.3. The van der Waals surface area contributed by atoms with Crippen molar-refractivity contribution in [2.45, 2.75) is 40.5 Å². The molecule has 0 saturated carbocycles. The first kappa shape index (κ1) is 12.9. The van der Waals surface area contributed by atoms with Crippen LogP contribution in [0.15, 0.2) is 16.3 Å². The predicted molar refractivity (Wildman–Crippen MR) is 65.9 cm³/mol. The molecule has 0 aromatic carbocycles. The van der Waals surface area contributed by atoms with E-state index in [1.54, 1.807) is 0 Å². The van der Waals surface area contributed by atoms with Gasteiger partial charge in [-0.25, -0.2) is 0 Å². The first-order chi connectivity index (χ1) is 7.32. The molecule has 16 heavy (non-hydrogen) atoms. The quantitative estimate of drug-likeness (QED) is 0.748. The lowest BCUT2D eigenvalue weighted by Gasteiger charge is -2.28. The van der Waals surface area contributed by atoms with Crippen LogP contribution in [0.5, 0.6) is 0 Å². The Morgan fingerprint density at radius 1 is 1.44 bits per heavy atom. The van der Waals surface area contributed by atoms with Gasteiger partial charge in [-0.3, -0.25) is 9.79 Å². The van der Waals surface area contributed by atoms with E-state index in [0.29, 0.717) is 30.9 Å². The maximum atomic E-state index is 11.8. The number of aliphatic hydroxyl groups is 1.